The van der Waals surface area contributed by atoms with Crippen molar-refractivity contribution >= 4 is 17.0 Å². The fraction of sp³-hybridized carbons (Fsp3) is 0.250. The molecule has 3 heterocycles. The van der Waals surface area contributed by atoms with Crippen LogP contribution in [-0.4, -0.2) is 16.4 Å². The summed E-state index contributed by atoms with van der Waals surface area (Å²) in [6, 6.07) is 7.66. The summed E-state index contributed by atoms with van der Waals surface area (Å²) in [6.07, 6.45) is 1.83. The van der Waals surface area contributed by atoms with Crippen LogP contribution in [0.4, 0.5) is 0 Å². The Bertz CT molecular complexity index is 808. The van der Waals surface area contributed by atoms with E-state index in [1.54, 1.807) is 21.8 Å². The van der Waals surface area contributed by atoms with Gasteiger partial charge < -0.3 is 4.90 Å². The average Bonchev–Trinajstić information content (AvgIpc) is 2.92. The van der Waals surface area contributed by atoms with Gasteiger partial charge >= 0.3 is 0 Å². The van der Waals surface area contributed by atoms with Gasteiger partial charge in [0.25, 0.3) is 5.56 Å². The molecule has 1 unspecified atom stereocenters. The van der Waals surface area contributed by atoms with Crippen molar-refractivity contribution in [1.82, 2.24) is 9.38 Å². The first-order valence-electron chi connectivity index (χ1n) is 6.93. The van der Waals surface area contributed by atoms with Crippen molar-refractivity contribution in [1.29, 1.82) is 0 Å². The van der Waals surface area contributed by atoms with E-state index in [2.05, 4.69) is 28.9 Å². The predicted octanol–water partition coefficient (Wildman–Crippen LogP) is 1.28. The number of thiophene rings is 1. The zero-order valence-corrected chi connectivity index (χ0v) is 13.0. The van der Waals surface area contributed by atoms with Crippen LogP contribution in [0.2, 0.25) is 0 Å². The molecular weight excluding hydrogens is 282 g/mol. The summed E-state index contributed by atoms with van der Waals surface area (Å²) in [4.78, 5) is 18.1. The number of hydrogen-bond donors (Lipinski definition) is 1. The number of quaternary nitrogens is 1. The van der Waals surface area contributed by atoms with E-state index in [4.69, 9.17) is 0 Å². The SMILES string of the molecule is Cc1ccc2nc(C[NH+](C)Cc3ccsc3)cc(=O)n2c1. The number of rotatable bonds is 4. The van der Waals surface area contributed by atoms with Crippen LogP contribution in [0.25, 0.3) is 5.65 Å². The Kier molecular flexibility index (Phi) is 3.86. The molecule has 3 aromatic rings. The summed E-state index contributed by atoms with van der Waals surface area (Å²) in [5.74, 6) is 0. The highest BCUT2D eigenvalue weighted by Gasteiger charge is 2.09. The van der Waals surface area contributed by atoms with E-state index in [0.29, 0.717) is 5.65 Å². The molecule has 0 amide bonds. The van der Waals surface area contributed by atoms with Gasteiger partial charge in [0.05, 0.1) is 7.05 Å². The van der Waals surface area contributed by atoms with Crippen molar-refractivity contribution in [2.75, 3.05) is 7.05 Å². The lowest BCUT2D eigenvalue weighted by Crippen LogP contribution is -3.06. The maximum absolute atomic E-state index is 12.2. The van der Waals surface area contributed by atoms with Crippen molar-refractivity contribution in [3.8, 4) is 0 Å². The summed E-state index contributed by atoms with van der Waals surface area (Å²) < 4.78 is 1.60. The Hall–Kier alpha value is -1.98. The Morgan fingerprint density at radius 2 is 2.14 bits per heavy atom. The van der Waals surface area contributed by atoms with E-state index in [1.165, 1.54) is 10.5 Å². The van der Waals surface area contributed by atoms with Crippen LogP contribution in [0.5, 0.6) is 0 Å². The summed E-state index contributed by atoms with van der Waals surface area (Å²) >= 11 is 1.71. The van der Waals surface area contributed by atoms with E-state index in [1.807, 2.05) is 25.3 Å². The normalized spacial score (nSPS) is 12.7. The molecule has 0 saturated carbocycles. The van der Waals surface area contributed by atoms with E-state index in [-0.39, 0.29) is 5.56 Å². The Morgan fingerprint density at radius 3 is 2.90 bits per heavy atom. The molecule has 3 aromatic heterocycles. The molecule has 0 aliphatic carbocycles. The van der Waals surface area contributed by atoms with Crippen molar-refractivity contribution in [2.45, 2.75) is 20.0 Å². The highest BCUT2D eigenvalue weighted by molar-refractivity contribution is 7.07. The number of fused-ring (bicyclic) bond motifs is 1. The quantitative estimate of drug-likeness (QED) is 0.788. The molecule has 108 valence electrons. The lowest BCUT2D eigenvalue weighted by atomic mass is 10.3. The van der Waals surface area contributed by atoms with Crippen LogP contribution >= 0.6 is 11.3 Å². The molecule has 0 aliphatic heterocycles. The van der Waals surface area contributed by atoms with Crippen molar-refractivity contribution in [2.24, 2.45) is 0 Å². The maximum Gasteiger partial charge on any atom is 0.258 e. The van der Waals surface area contributed by atoms with E-state index in [9.17, 15) is 4.79 Å². The minimum absolute atomic E-state index is 0.0120. The first kappa shape index (κ1) is 14.0. The van der Waals surface area contributed by atoms with Gasteiger partial charge in [-0.15, -0.1) is 0 Å². The highest BCUT2D eigenvalue weighted by Crippen LogP contribution is 2.04. The van der Waals surface area contributed by atoms with Crippen LogP contribution in [-0.2, 0) is 13.1 Å². The maximum atomic E-state index is 12.2. The molecule has 4 nitrogen and oxygen atoms in total. The van der Waals surface area contributed by atoms with Crippen LogP contribution in [0.15, 0.2) is 46.0 Å². The smallest absolute Gasteiger partial charge is 0.258 e. The molecule has 1 N–H and O–H groups in total. The standard InChI is InChI=1S/C16H17N3OS/c1-12-3-4-15-17-14(7-16(20)19(15)8-12)10-18(2)9-13-5-6-21-11-13/h3-8,11H,9-10H2,1-2H3/p+1. The predicted molar refractivity (Wildman–Crippen MR) is 84.8 cm³/mol. The zero-order chi connectivity index (χ0) is 14.8. The topological polar surface area (TPSA) is 38.8 Å². The summed E-state index contributed by atoms with van der Waals surface area (Å²) in [5, 5.41) is 4.25. The van der Waals surface area contributed by atoms with Gasteiger partial charge in [0, 0.05) is 17.8 Å². The largest absolute Gasteiger partial charge is 0.329 e. The highest BCUT2D eigenvalue weighted by atomic mass is 32.1. The van der Waals surface area contributed by atoms with Crippen molar-refractivity contribution in [3.05, 3.63) is 68.4 Å². The second-order valence-corrected chi connectivity index (χ2v) is 6.24. The molecule has 0 fully saturated rings. The van der Waals surface area contributed by atoms with Gasteiger partial charge in [0.1, 0.15) is 24.4 Å². The van der Waals surface area contributed by atoms with Crippen LogP contribution in [0.1, 0.15) is 16.8 Å². The third kappa shape index (κ3) is 3.20. The number of pyridine rings is 1. The van der Waals surface area contributed by atoms with Crippen LogP contribution in [0.3, 0.4) is 0 Å². The molecule has 1 atom stereocenters. The minimum atomic E-state index is -0.0120. The number of aryl methyl sites for hydroxylation is 1. The third-order valence-corrected chi connectivity index (χ3v) is 4.16. The number of aromatic nitrogens is 2. The van der Waals surface area contributed by atoms with Crippen molar-refractivity contribution in [3.63, 3.8) is 0 Å². The minimum Gasteiger partial charge on any atom is -0.329 e. The molecule has 3 rings (SSSR count). The number of nitrogens with one attached hydrogen (secondary N) is 1. The van der Waals surface area contributed by atoms with E-state index < -0.39 is 0 Å². The van der Waals surface area contributed by atoms with E-state index in [0.717, 1.165) is 24.3 Å². The first-order valence-corrected chi connectivity index (χ1v) is 7.87. The van der Waals surface area contributed by atoms with Gasteiger partial charge in [-0.3, -0.25) is 9.20 Å². The zero-order valence-electron chi connectivity index (χ0n) is 12.2. The fourth-order valence-corrected chi connectivity index (χ4v) is 3.13. The molecule has 0 saturated heterocycles. The summed E-state index contributed by atoms with van der Waals surface area (Å²) in [5.41, 5.74) is 3.93. The lowest BCUT2D eigenvalue weighted by Gasteiger charge is -2.13. The summed E-state index contributed by atoms with van der Waals surface area (Å²) in [7, 11) is 2.12. The van der Waals surface area contributed by atoms with Crippen LogP contribution in [0, 0.1) is 6.92 Å². The van der Waals surface area contributed by atoms with Gasteiger partial charge in [-0.05, 0) is 35.4 Å². The summed E-state index contributed by atoms with van der Waals surface area (Å²) in [6.45, 7) is 3.66. The number of nitrogens with zero attached hydrogens (tertiary/aromatic N) is 2. The second kappa shape index (κ2) is 5.79. The monoisotopic (exact) mass is 300 g/mol. The third-order valence-electron chi connectivity index (χ3n) is 3.43. The van der Waals surface area contributed by atoms with Gasteiger partial charge in [0.15, 0.2) is 0 Å². The molecule has 0 bridgehead atoms. The van der Waals surface area contributed by atoms with Gasteiger partial charge in [-0.25, -0.2) is 4.98 Å². The second-order valence-electron chi connectivity index (χ2n) is 5.46. The average molecular weight is 300 g/mol. The van der Waals surface area contributed by atoms with Crippen molar-refractivity contribution < 1.29 is 4.90 Å². The molecule has 0 spiro atoms. The van der Waals surface area contributed by atoms with Gasteiger partial charge in [0.2, 0.25) is 0 Å². The molecule has 0 aliphatic rings. The number of hydrogen-bond acceptors (Lipinski definition) is 3. The van der Waals surface area contributed by atoms with E-state index >= 15 is 0 Å². The molecule has 21 heavy (non-hydrogen) atoms. The van der Waals surface area contributed by atoms with Gasteiger partial charge in [-0.1, -0.05) is 6.07 Å². The lowest BCUT2D eigenvalue weighted by molar-refractivity contribution is -0.908. The van der Waals surface area contributed by atoms with Crippen LogP contribution < -0.4 is 10.5 Å². The molecule has 0 aromatic carbocycles. The fourth-order valence-electron chi connectivity index (χ4n) is 2.46. The Labute approximate surface area is 127 Å². The Morgan fingerprint density at radius 1 is 1.29 bits per heavy atom. The molecular formula is C16H18N3OS+. The Balaban J connectivity index is 1.84. The first-order chi connectivity index (χ1) is 10.1. The molecule has 5 heteroatoms. The van der Waals surface area contributed by atoms with Gasteiger partial charge in [-0.2, -0.15) is 11.3 Å². The molecule has 0 radical (unpaired) electrons.